The van der Waals surface area contributed by atoms with Crippen molar-refractivity contribution < 1.29 is 5.11 Å². The average Bonchev–Trinajstić information content (AvgIpc) is 2.02. The summed E-state index contributed by atoms with van der Waals surface area (Å²) in [4.78, 5) is 0. The number of aliphatic hydroxyl groups is 1. The van der Waals surface area contributed by atoms with Gasteiger partial charge in [-0.1, -0.05) is 40.5 Å². The number of hydrogen-bond donors (Lipinski definition) is 1. The minimum absolute atomic E-state index is 0.0973. The summed E-state index contributed by atoms with van der Waals surface area (Å²) in [5.74, 6) is 0.923. The van der Waals surface area contributed by atoms with E-state index in [2.05, 4.69) is 27.7 Å². The van der Waals surface area contributed by atoms with Crippen LogP contribution in [0.3, 0.4) is 0 Å². The molecule has 1 heteroatoms. The van der Waals surface area contributed by atoms with Gasteiger partial charge >= 0.3 is 0 Å². The Bertz CT molecular complexity index is 90.9. The van der Waals surface area contributed by atoms with Crippen molar-refractivity contribution in [1.82, 2.24) is 0 Å². The largest absolute Gasteiger partial charge is 0.393 e. The lowest BCUT2D eigenvalue weighted by molar-refractivity contribution is 0.0593. The molecule has 68 valence electrons. The molecule has 1 nitrogen and oxygen atoms in total. The lowest BCUT2D eigenvalue weighted by Crippen LogP contribution is -2.24. The third kappa shape index (κ3) is 3.76. The Morgan fingerprint density at radius 1 is 1.09 bits per heavy atom. The van der Waals surface area contributed by atoms with E-state index >= 15 is 0 Å². The van der Waals surface area contributed by atoms with Gasteiger partial charge in [0.05, 0.1) is 6.10 Å². The van der Waals surface area contributed by atoms with Gasteiger partial charge in [0.2, 0.25) is 0 Å². The molecular weight excluding hydrogens is 136 g/mol. The summed E-state index contributed by atoms with van der Waals surface area (Å²) in [7, 11) is 0. The second-order valence-corrected chi connectivity index (χ2v) is 3.64. The predicted molar refractivity (Wildman–Crippen MR) is 49.5 cm³/mol. The van der Waals surface area contributed by atoms with Crippen LogP contribution >= 0.6 is 0 Å². The zero-order chi connectivity index (χ0) is 8.85. The van der Waals surface area contributed by atoms with Gasteiger partial charge in [0.25, 0.3) is 0 Å². The van der Waals surface area contributed by atoms with Crippen molar-refractivity contribution in [2.75, 3.05) is 0 Å². The highest BCUT2D eigenvalue weighted by atomic mass is 16.3. The summed E-state index contributed by atoms with van der Waals surface area (Å²) in [6.45, 7) is 8.56. The van der Waals surface area contributed by atoms with Crippen LogP contribution in [-0.2, 0) is 0 Å². The second-order valence-electron chi connectivity index (χ2n) is 3.64. The minimum atomic E-state index is -0.0973. The SMILES string of the molecule is CCC[C@H](C)[C@H](O)[C@@H](C)CC. The Morgan fingerprint density at radius 3 is 2.00 bits per heavy atom. The van der Waals surface area contributed by atoms with Crippen molar-refractivity contribution in [3.05, 3.63) is 0 Å². The standard InChI is InChI=1S/C10H22O/c1-5-7-9(4)10(11)8(3)6-2/h8-11H,5-7H2,1-4H3/t8-,9-,10+/m0/s1. The van der Waals surface area contributed by atoms with Crippen LogP contribution in [0.25, 0.3) is 0 Å². The van der Waals surface area contributed by atoms with Crippen LogP contribution in [0.1, 0.15) is 47.0 Å². The lowest BCUT2D eigenvalue weighted by Gasteiger charge is -2.23. The zero-order valence-electron chi connectivity index (χ0n) is 8.30. The second kappa shape index (κ2) is 5.59. The molecule has 1 N–H and O–H groups in total. The Labute approximate surface area is 70.8 Å². The molecule has 0 unspecified atom stereocenters. The highest BCUT2D eigenvalue weighted by molar-refractivity contribution is 4.69. The Morgan fingerprint density at radius 2 is 1.64 bits per heavy atom. The van der Waals surface area contributed by atoms with Crippen molar-refractivity contribution in [2.24, 2.45) is 11.8 Å². The van der Waals surface area contributed by atoms with Gasteiger partial charge in [0.1, 0.15) is 0 Å². The van der Waals surface area contributed by atoms with Crippen LogP contribution in [0.4, 0.5) is 0 Å². The van der Waals surface area contributed by atoms with Gasteiger partial charge < -0.3 is 5.11 Å². The van der Waals surface area contributed by atoms with E-state index in [1.165, 1.54) is 6.42 Å². The molecule has 0 spiro atoms. The molecule has 3 atom stereocenters. The number of aliphatic hydroxyl groups excluding tert-OH is 1. The molecule has 0 aromatic carbocycles. The summed E-state index contributed by atoms with van der Waals surface area (Å²) in [6, 6.07) is 0. The van der Waals surface area contributed by atoms with Gasteiger partial charge in [-0.25, -0.2) is 0 Å². The summed E-state index contributed by atoms with van der Waals surface area (Å²) < 4.78 is 0. The first-order valence-electron chi connectivity index (χ1n) is 4.81. The molecule has 11 heavy (non-hydrogen) atoms. The first-order chi connectivity index (χ1) is 5.13. The topological polar surface area (TPSA) is 20.2 Å². The highest BCUT2D eigenvalue weighted by Gasteiger charge is 2.18. The van der Waals surface area contributed by atoms with Gasteiger partial charge in [0, 0.05) is 0 Å². The molecule has 0 aliphatic rings. The van der Waals surface area contributed by atoms with Gasteiger partial charge in [-0.05, 0) is 18.3 Å². The molecule has 0 heterocycles. The van der Waals surface area contributed by atoms with Crippen molar-refractivity contribution in [3.63, 3.8) is 0 Å². The molecule has 0 radical (unpaired) electrons. The summed E-state index contributed by atoms with van der Waals surface area (Å²) in [6.07, 6.45) is 3.30. The molecule has 0 aliphatic carbocycles. The molecule has 0 aliphatic heterocycles. The van der Waals surface area contributed by atoms with E-state index in [-0.39, 0.29) is 6.10 Å². The fraction of sp³-hybridized carbons (Fsp3) is 1.00. The fourth-order valence-electron chi connectivity index (χ4n) is 1.43. The number of hydrogen-bond acceptors (Lipinski definition) is 1. The smallest absolute Gasteiger partial charge is 0.0591 e. The maximum absolute atomic E-state index is 9.72. The zero-order valence-corrected chi connectivity index (χ0v) is 8.30. The van der Waals surface area contributed by atoms with Crippen LogP contribution in [-0.4, -0.2) is 11.2 Å². The first-order valence-corrected chi connectivity index (χ1v) is 4.81. The van der Waals surface area contributed by atoms with Crippen LogP contribution in [0.15, 0.2) is 0 Å². The summed E-state index contributed by atoms with van der Waals surface area (Å²) in [5.41, 5.74) is 0. The van der Waals surface area contributed by atoms with E-state index < -0.39 is 0 Å². The van der Waals surface area contributed by atoms with Crippen LogP contribution in [0.2, 0.25) is 0 Å². The first kappa shape index (κ1) is 11.0. The molecule has 0 saturated carbocycles. The number of rotatable bonds is 5. The average molecular weight is 158 g/mol. The van der Waals surface area contributed by atoms with E-state index in [0.29, 0.717) is 11.8 Å². The van der Waals surface area contributed by atoms with Crippen molar-refractivity contribution in [1.29, 1.82) is 0 Å². The van der Waals surface area contributed by atoms with Crippen LogP contribution < -0.4 is 0 Å². The van der Waals surface area contributed by atoms with Crippen molar-refractivity contribution >= 4 is 0 Å². The van der Waals surface area contributed by atoms with Crippen LogP contribution in [0, 0.1) is 11.8 Å². The molecule has 0 amide bonds. The summed E-state index contributed by atoms with van der Waals surface area (Å²) in [5, 5.41) is 9.72. The van der Waals surface area contributed by atoms with E-state index in [1.807, 2.05) is 0 Å². The highest BCUT2D eigenvalue weighted by Crippen LogP contribution is 2.19. The van der Waals surface area contributed by atoms with Crippen molar-refractivity contribution in [2.45, 2.75) is 53.1 Å². The molecule has 0 bridgehead atoms. The Balaban J connectivity index is 3.70. The van der Waals surface area contributed by atoms with Gasteiger partial charge in [-0.15, -0.1) is 0 Å². The minimum Gasteiger partial charge on any atom is -0.393 e. The Kier molecular flexibility index (Phi) is 5.57. The van der Waals surface area contributed by atoms with E-state index in [9.17, 15) is 5.11 Å². The lowest BCUT2D eigenvalue weighted by atomic mass is 9.89. The van der Waals surface area contributed by atoms with E-state index in [4.69, 9.17) is 0 Å². The third-order valence-corrected chi connectivity index (χ3v) is 2.55. The molecule has 0 saturated heterocycles. The maximum atomic E-state index is 9.72. The van der Waals surface area contributed by atoms with Gasteiger partial charge in [-0.2, -0.15) is 0 Å². The Hall–Kier alpha value is -0.0400. The van der Waals surface area contributed by atoms with Gasteiger partial charge in [-0.3, -0.25) is 0 Å². The fourth-order valence-corrected chi connectivity index (χ4v) is 1.43. The molecular formula is C10H22O. The molecule has 0 aromatic heterocycles. The summed E-state index contributed by atoms with van der Waals surface area (Å²) >= 11 is 0. The van der Waals surface area contributed by atoms with Crippen LogP contribution in [0.5, 0.6) is 0 Å². The van der Waals surface area contributed by atoms with Gasteiger partial charge in [0.15, 0.2) is 0 Å². The van der Waals surface area contributed by atoms with E-state index in [1.54, 1.807) is 0 Å². The quantitative estimate of drug-likeness (QED) is 0.652. The molecule has 0 fully saturated rings. The van der Waals surface area contributed by atoms with E-state index in [0.717, 1.165) is 12.8 Å². The molecule has 0 rings (SSSR count). The predicted octanol–water partition coefficient (Wildman–Crippen LogP) is 2.83. The molecule has 0 aromatic rings. The third-order valence-electron chi connectivity index (χ3n) is 2.55. The monoisotopic (exact) mass is 158 g/mol. The normalized spacial score (nSPS) is 19.4. The van der Waals surface area contributed by atoms with Crippen molar-refractivity contribution in [3.8, 4) is 0 Å². The maximum Gasteiger partial charge on any atom is 0.0591 e.